The standard InChI is InChI=1S/C20H22F3N3O2/c1-19(2,3)13-7-9-14(10-8-13)24-18(27)26-11-15(12-26)28-17-6-4-5-16(25-17)20(21,22)23/h4-10,15H,11-12H2,1-3H3,(H,24,27). The summed E-state index contributed by atoms with van der Waals surface area (Å²) in [5.74, 6) is -0.0994. The third-order valence-corrected chi connectivity index (χ3v) is 4.44. The molecule has 150 valence electrons. The number of alkyl halides is 3. The van der Waals surface area contributed by atoms with Gasteiger partial charge in [0.1, 0.15) is 11.8 Å². The van der Waals surface area contributed by atoms with Crippen molar-refractivity contribution in [3.05, 3.63) is 53.7 Å². The van der Waals surface area contributed by atoms with E-state index in [-0.39, 0.29) is 36.5 Å². The van der Waals surface area contributed by atoms with E-state index in [2.05, 4.69) is 31.1 Å². The summed E-state index contributed by atoms with van der Waals surface area (Å²) in [5, 5.41) is 2.80. The molecule has 5 nitrogen and oxygen atoms in total. The van der Waals surface area contributed by atoms with Gasteiger partial charge in [0.05, 0.1) is 13.1 Å². The van der Waals surface area contributed by atoms with Crippen LogP contribution in [-0.4, -0.2) is 35.1 Å². The minimum Gasteiger partial charge on any atom is -0.471 e. The van der Waals surface area contributed by atoms with Crippen molar-refractivity contribution in [3.8, 4) is 5.88 Å². The number of halogens is 3. The van der Waals surface area contributed by atoms with E-state index in [0.717, 1.165) is 11.6 Å². The van der Waals surface area contributed by atoms with Crippen molar-refractivity contribution in [2.24, 2.45) is 0 Å². The van der Waals surface area contributed by atoms with Crippen molar-refractivity contribution in [3.63, 3.8) is 0 Å². The Balaban J connectivity index is 1.50. The first-order valence-electron chi connectivity index (χ1n) is 8.90. The van der Waals surface area contributed by atoms with Crippen molar-refractivity contribution in [1.29, 1.82) is 0 Å². The molecule has 0 spiro atoms. The summed E-state index contributed by atoms with van der Waals surface area (Å²) in [4.78, 5) is 17.2. The fraction of sp³-hybridized carbons (Fsp3) is 0.400. The number of rotatable bonds is 3. The number of likely N-dealkylation sites (tertiary alicyclic amines) is 1. The van der Waals surface area contributed by atoms with Crippen molar-refractivity contribution in [1.82, 2.24) is 9.88 Å². The third kappa shape index (κ3) is 4.74. The Morgan fingerprint density at radius 2 is 1.75 bits per heavy atom. The Bertz CT molecular complexity index is 839. The molecule has 1 saturated heterocycles. The van der Waals surface area contributed by atoms with Gasteiger partial charge >= 0.3 is 12.2 Å². The number of benzene rings is 1. The van der Waals surface area contributed by atoms with Gasteiger partial charge < -0.3 is 15.0 Å². The zero-order valence-electron chi connectivity index (χ0n) is 15.9. The number of hydrogen-bond acceptors (Lipinski definition) is 3. The van der Waals surface area contributed by atoms with E-state index in [1.165, 1.54) is 17.0 Å². The average Bonchev–Trinajstić information content (AvgIpc) is 2.57. The molecule has 28 heavy (non-hydrogen) atoms. The van der Waals surface area contributed by atoms with Gasteiger partial charge in [-0.05, 0) is 29.2 Å². The van der Waals surface area contributed by atoms with Crippen LogP contribution in [-0.2, 0) is 11.6 Å². The van der Waals surface area contributed by atoms with Crippen LogP contribution in [0.3, 0.4) is 0 Å². The van der Waals surface area contributed by atoms with Crippen LogP contribution >= 0.6 is 0 Å². The van der Waals surface area contributed by atoms with Crippen LogP contribution in [0.2, 0.25) is 0 Å². The number of amides is 2. The molecule has 0 aliphatic carbocycles. The van der Waals surface area contributed by atoms with Crippen molar-refractivity contribution in [2.75, 3.05) is 18.4 Å². The highest BCUT2D eigenvalue weighted by molar-refractivity contribution is 5.89. The van der Waals surface area contributed by atoms with Crippen LogP contribution in [0.4, 0.5) is 23.7 Å². The summed E-state index contributed by atoms with van der Waals surface area (Å²) in [7, 11) is 0. The molecule has 1 aliphatic rings. The van der Waals surface area contributed by atoms with Crippen LogP contribution in [0.1, 0.15) is 32.0 Å². The topological polar surface area (TPSA) is 54.5 Å². The fourth-order valence-corrected chi connectivity index (χ4v) is 2.74. The molecule has 2 amide bonds. The van der Waals surface area contributed by atoms with Gasteiger partial charge in [0.15, 0.2) is 0 Å². The summed E-state index contributed by atoms with van der Waals surface area (Å²) in [6.07, 6.45) is -4.90. The maximum Gasteiger partial charge on any atom is 0.433 e. The van der Waals surface area contributed by atoms with Crippen molar-refractivity contribution < 1.29 is 22.7 Å². The van der Waals surface area contributed by atoms with Gasteiger partial charge in [-0.3, -0.25) is 0 Å². The molecule has 0 radical (unpaired) electrons. The minimum atomic E-state index is -4.52. The van der Waals surface area contributed by atoms with Crippen LogP contribution in [0.25, 0.3) is 0 Å². The molecule has 2 aromatic rings. The number of urea groups is 1. The number of nitrogens with one attached hydrogen (secondary N) is 1. The van der Waals surface area contributed by atoms with E-state index < -0.39 is 11.9 Å². The van der Waals surface area contributed by atoms with Gasteiger partial charge in [0.2, 0.25) is 5.88 Å². The number of carbonyl (C=O) groups excluding carboxylic acids is 1. The molecule has 1 N–H and O–H groups in total. The monoisotopic (exact) mass is 393 g/mol. The van der Waals surface area contributed by atoms with E-state index in [0.29, 0.717) is 5.69 Å². The Morgan fingerprint density at radius 3 is 2.32 bits per heavy atom. The van der Waals surface area contributed by atoms with E-state index in [1.54, 1.807) is 0 Å². The second-order valence-corrected chi connectivity index (χ2v) is 7.76. The molecule has 1 fully saturated rings. The largest absolute Gasteiger partial charge is 0.471 e. The summed E-state index contributed by atoms with van der Waals surface area (Å²) in [5.41, 5.74) is 0.873. The zero-order chi connectivity index (χ0) is 20.5. The molecule has 0 atom stereocenters. The second-order valence-electron chi connectivity index (χ2n) is 7.76. The normalized spacial score (nSPS) is 15.1. The van der Waals surface area contributed by atoms with Crippen LogP contribution in [0, 0.1) is 0 Å². The first kappa shape index (κ1) is 20.0. The predicted molar refractivity (Wildman–Crippen MR) is 99.4 cm³/mol. The number of carbonyl (C=O) groups is 1. The van der Waals surface area contributed by atoms with E-state index in [1.807, 2.05) is 24.3 Å². The van der Waals surface area contributed by atoms with Gasteiger partial charge in [-0.15, -0.1) is 0 Å². The molecule has 8 heteroatoms. The summed E-state index contributed by atoms with van der Waals surface area (Å²) in [6, 6.07) is 10.9. The zero-order valence-corrected chi connectivity index (χ0v) is 15.9. The minimum absolute atomic E-state index is 0.0298. The molecule has 1 aromatic carbocycles. The van der Waals surface area contributed by atoms with Gasteiger partial charge in [0.25, 0.3) is 0 Å². The SMILES string of the molecule is CC(C)(C)c1ccc(NC(=O)N2CC(Oc3cccc(C(F)(F)F)n3)C2)cc1. The number of hydrogen-bond donors (Lipinski definition) is 1. The highest BCUT2D eigenvalue weighted by Crippen LogP contribution is 2.29. The molecular formula is C20H22F3N3O2. The van der Waals surface area contributed by atoms with E-state index in [9.17, 15) is 18.0 Å². The van der Waals surface area contributed by atoms with Gasteiger partial charge in [0, 0.05) is 11.8 Å². The Kier molecular flexibility index (Phi) is 5.23. The molecule has 0 saturated carbocycles. The van der Waals surface area contributed by atoms with Gasteiger partial charge in [-0.1, -0.05) is 39.0 Å². The lowest BCUT2D eigenvalue weighted by molar-refractivity contribution is -0.141. The second kappa shape index (κ2) is 7.33. The van der Waals surface area contributed by atoms with Crippen LogP contribution in [0.15, 0.2) is 42.5 Å². The van der Waals surface area contributed by atoms with E-state index in [4.69, 9.17) is 4.74 Å². The first-order valence-corrected chi connectivity index (χ1v) is 8.90. The first-order chi connectivity index (χ1) is 13.0. The molecule has 0 bridgehead atoms. The molecule has 0 unspecified atom stereocenters. The Morgan fingerprint density at radius 1 is 1.11 bits per heavy atom. The molecule has 2 heterocycles. The maximum atomic E-state index is 12.7. The summed E-state index contributed by atoms with van der Waals surface area (Å²) in [6.45, 7) is 6.90. The number of ether oxygens (including phenoxy) is 1. The molecule has 1 aromatic heterocycles. The smallest absolute Gasteiger partial charge is 0.433 e. The summed E-state index contributed by atoms with van der Waals surface area (Å²) < 4.78 is 43.5. The van der Waals surface area contributed by atoms with Crippen molar-refractivity contribution >= 4 is 11.7 Å². The van der Waals surface area contributed by atoms with Gasteiger partial charge in [-0.2, -0.15) is 13.2 Å². The van der Waals surface area contributed by atoms with Crippen LogP contribution in [0.5, 0.6) is 5.88 Å². The highest BCUT2D eigenvalue weighted by Gasteiger charge is 2.35. The lowest BCUT2D eigenvalue weighted by Gasteiger charge is -2.38. The summed E-state index contributed by atoms with van der Waals surface area (Å²) >= 11 is 0. The molecule has 1 aliphatic heterocycles. The van der Waals surface area contributed by atoms with Crippen molar-refractivity contribution in [2.45, 2.75) is 38.5 Å². The van der Waals surface area contributed by atoms with Crippen LogP contribution < -0.4 is 10.1 Å². The number of aromatic nitrogens is 1. The quantitative estimate of drug-likeness (QED) is 0.823. The maximum absolute atomic E-state index is 12.7. The third-order valence-electron chi connectivity index (χ3n) is 4.44. The lowest BCUT2D eigenvalue weighted by Crippen LogP contribution is -2.57. The number of pyridine rings is 1. The van der Waals surface area contributed by atoms with E-state index >= 15 is 0 Å². The number of anilines is 1. The van der Waals surface area contributed by atoms with Gasteiger partial charge in [-0.25, -0.2) is 9.78 Å². The predicted octanol–water partition coefficient (Wildman–Crippen LogP) is 4.69. The number of nitrogens with zero attached hydrogens (tertiary/aromatic N) is 2. The Hall–Kier alpha value is -2.77. The molecular weight excluding hydrogens is 371 g/mol. The average molecular weight is 393 g/mol. The lowest BCUT2D eigenvalue weighted by atomic mass is 9.87. The molecule has 3 rings (SSSR count). The fourth-order valence-electron chi connectivity index (χ4n) is 2.74. The Labute approximate surface area is 161 Å². The highest BCUT2D eigenvalue weighted by atomic mass is 19.4.